The van der Waals surface area contributed by atoms with Gasteiger partial charge in [-0.15, -0.1) is 0 Å². The fourth-order valence-corrected chi connectivity index (χ4v) is 5.58. The molecule has 1 aliphatic heterocycles. The second-order valence-electron chi connectivity index (χ2n) is 8.10. The van der Waals surface area contributed by atoms with E-state index in [1.807, 2.05) is 24.3 Å². The van der Waals surface area contributed by atoms with Gasteiger partial charge in [-0.3, -0.25) is 9.59 Å². The molecule has 28 heavy (non-hydrogen) atoms. The maximum atomic E-state index is 12.9. The molecule has 4 aliphatic carbocycles. The molecule has 0 N–H and O–H groups in total. The van der Waals surface area contributed by atoms with Crippen LogP contribution in [0.15, 0.2) is 58.1 Å². The van der Waals surface area contributed by atoms with Crippen molar-refractivity contribution in [2.24, 2.45) is 40.6 Å². The Bertz CT molecular complexity index is 1040. The van der Waals surface area contributed by atoms with Gasteiger partial charge in [0.05, 0.1) is 18.1 Å². The number of hydrogen-bond donors (Lipinski definition) is 0. The largest absolute Gasteiger partial charge is 0.455 e. The number of furan rings is 1. The third kappa shape index (κ3) is 2.23. The summed E-state index contributed by atoms with van der Waals surface area (Å²) in [6.45, 7) is 0. The second kappa shape index (κ2) is 5.67. The molecule has 5 aliphatic rings. The highest BCUT2D eigenvalue weighted by atomic mass is 35.5. The summed E-state index contributed by atoms with van der Waals surface area (Å²) in [4.78, 5) is 25.8. The van der Waals surface area contributed by atoms with Gasteiger partial charge in [0.2, 0.25) is 0 Å². The summed E-state index contributed by atoms with van der Waals surface area (Å²) < 4.78 is 5.78. The molecule has 2 saturated carbocycles. The van der Waals surface area contributed by atoms with Crippen LogP contribution < -0.4 is 0 Å². The number of halogens is 1. The Morgan fingerprint density at radius 3 is 2.43 bits per heavy atom. The minimum atomic E-state index is -0.234. The van der Waals surface area contributed by atoms with E-state index in [9.17, 15) is 9.59 Å². The van der Waals surface area contributed by atoms with Crippen LogP contribution in [-0.2, 0) is 9.59 Å². The average molecular weight is 393 g/mol. The van der Waals surface area contributed by atoms with Gasteiger partial charge in [0, 0.05) is 10.6 Å². The van der Waals surface area contributed by atoms with Gasteiger partial charge < -0.3 is 4.42 Å². The van der Waals surface area contributed by atoms with Crippen LogP contribution in [0.4, 0.5) is 0 Å². The highest BCUT2D eigenvalue weighted by molar-refractivity contribution is 6.30. The zero-order valence-corrected chi connectivity index (χ0v) is 15.6. The van der Waals surface area contributed by atoms with Crippen molar-refractivity contribution in [2.45, 2.75) is 6.42 Å². The van der Waals surface area contributed by atoms with Crippen molar-refractivity contribution in [1.82, 2.24) is 5.01 Å². The molecular weight excluding hydrogens is 376 g/mol. The van der Waals surface area contributed by atoms with E-state index in [2.05, 4.69) is 17.3 Å². The van der Waals surface area contributed by atoms with E-state index in [4.69, 9.17) is 16.0 Å². The van der Waals surface area contributed by atoms with Gasteiger partial charge in [0.1, 0.15) is 11.5 Å². The molecule has 5 nitrogen and oxygen atoms in total. The first-order valence-electron chi connectivity index (χ1n) is 9.58. The highest BCUT2D eigenvalue weighted by Crippen LogP contribution is 2.65. The van der Waals surface area contributed by atoms with Crippen molar-refractivity contribution < 1.29 is 14.0 Å². The fraction of sp³-hybridized carbons (Fsp3) is 0.318. The summed E-state index contributed by atoms with van der Waals surface area (Å²) in [5.41, 5.74) is 0.855. The minimum Gasteiger partial charge on any atom is -0.455 e. The van der Waals surface area contributed by atoms with E-state index in [-0.39, 0.29) is 35.5 Å². The first kappa shape index (κ1) is 16.3. The molecule has 2 amide bonds. The molecule has 2 bridgehead atoms. The Balaban J connectivity index is 1.25. The van der Waals surface area contributed by atoms with Gasteiger partial charge in [0.25, 0.3) is 11.8 Å². The molecule has 1 aromatic carbocycles. The monoisotopic (exact) mass is 392 g/mol. The normalized spacial score (nSPS) is 35.0. The topological polar surface area (TPSA) is 62.9 Å². The lowest BCUT2D eigenvalue weighted by molar-refractivity contribution is -0.140. The molecule has 0 spiro atoms. The standard InChI is InChI=1S/C22H17ClN2O3/c23-12-3-1-2-11(8-12)18-7-4-13(28-18)10-24-25-21(26)19-14-5-6-15(17-9-16(14)17)20(19)22(25)27/h1-8,10,14-17,19-20H,9H2/t14-,15-,16-,17+,19+,20+/m0/s1. The summed E-state index contributed by atoms with van der Waals surface area (Å²) in [5.74, 6) is 1.90. The summed E-state index contributed by atoms with van der Waals surface area (Å²) >= 11 is 6.03. The molecule has 0 unspecified atom stereocenters. The summed E-state index contributed by atoms with van der Waals surface area (Å²) in [6, 6.07) is 10.9. The van der Waals surface area contributed by atoms with Gasteiger partial charge in [-0.25, -0.2) is 0 Å². The molecular formula is C22H17ClN2O3. The van der Waals surface area contributed by atoms with E-state index in [0.29, 0.717) is 28.4 Å². The highest BCUT2D eigenvalue weighted by Gasteiger charge is 2.67. The fourth-order valence-electron chi connectivity index (χ4n) is 5.39. The predicted molar refractivity (Wildman–Crippen MR) is 103 cm³/mol. The number of carbonyl (C=O) groups excluding carboxylic acids is 2. The lowest BCUT2D eigenvalue weighted by atomic mass is 9.63. The molecule has 3 fully saturated rings. The number of allylic oxidation sites excluding steroid dienone is 2. The Morgan fingerprint density at radius 1 is 1.04 bits per heavy atom. The van der Waals surface area contributed by atoms with Gasteiger partial charge in [-0.2, -0.15) is 10.1 Å². The SMILES string of the molecule is O=C1[C@@H]2[C@H]3C=C[C@@H]([C@@H]4C[C@H]34)[C@H]2C(=O)N1N=Cc1ccc(-c2cccc(Cl)c2)o1. The Morgan fingerprint density at radius 2 is 1.75 bits per heavy atom. The lowest BCUT2D eigenvalue weighted by Crippen LogP contribution is -2.40. The number of carbonyl (C=O) groups is 2. The summed E-state index contributed by atoms with van der Waals surface area (Å²) in [6.07, 6.45) is 6.90. The van der Waals surface area contributed by atoms with Crippen molar-refractivity contribution in [3.63, 3.8) is 0 Å². The smallest absolute Gasteiger partial charge is 0.254 e. The third-order valence-electron chi connectivity index (χ3n) is 6.68. The first-order chi connectivity index (χ1) is 13.6. The first-order valence-corrected chi connectivity index (χ1v) is 9.95. The number of hydrazone groups is 1. The van der Waals surface area contributed by atoms with Gasteiger partial charge in [-0.05, 0) is 54.4 Å². The van der Waals surface area contributed by atoms with Crippen molar-refractivity contribution in [3.8, 4) is 11.3 Å². The number of imide groups is 1. The molecule has 1 saturated heterocycles. The molecule has 1 aromatic heterocycles. The van der Waals surface area contributed by atoms with E-state index in [1.165, 1.54) is 6.21 Å². The van der Waals surface area contributed by atoms with Crippen LogP contribution in [0.2, 0.25) is 5.02 Å². The van der Waals surface area contributed by atoms with E-state index >= 15 is 0 Å². The van der Waals surface area contributed by atoms with Crippen LogP contribution >= 0.6 is 11.6 Å². The molecule has 7 rings (SSSR count). The number of amides is 2. The Labute approximate surface area is 166 Å². The molecule has 2 heterocycles. The molecule has 140 valence electrons. The van der Waals surface area contributed by atoms with Gasteiger partial charge in [0.15, 0.2) is 0 Å². The molecule has 0 radical (unpaired) electrons. The molecule has 6 heteroatoms. The van der Waals surface area contributed by atoms with Gasteiger partial charge >= 0.3 is 0 Å². The van der Waals surface area contributed by atoms with Crippen LogP contribution in [0, 0.1) is 35.5 Å². The molecule has 2 aromatic rings. The van der Waals surface area contributed by atoms with Crippen molar-refractivity contribution >= 4 is 29.6 Å². The minimum absolute atomic E-state index is 0.169. The number of nitrogens with zero attached hydrogens (tertiary/aromatic N) is 2. The van der Waals surface area contributed by atoms with E-state index in [1.54, 1.807) is 12.1 Å². The summed E-state index contributed by atoms with van der Waals surface area (Å²) in [5, 5.41) is 5.89. The Hall–Kier alpha value is -2.66. The zero-order chi connectivity index (χ0) is 19.0. The van der Waals surface area contributed by atoms with Crippen LogP contribution in [0.5, 0.6) is 0 Å². The van der Waals surface area contributed by atoms with Crippen LogP contribution in [0.1, 0.15) is 12.2 Å². The maximum absolute atomic E-state index is 12.9. The van der Waals surface area contributed by atoms with Crippen LogP contribution in [-0.4, -0.2) is 23.0 Å². The third-order valence-corrected chi connectivity index (χ3v) is 6.91. The van der Waals surface area contributed by atoms with E-state index in [0.717, 1.165) is 17.0 Å². The maximum Gasteiger partial charge on any atom is 0.254 e. The molecule has 6 atom stereocenters. The van der Waals surface area contributed by atoms with E-state index < -0.39 is 0 Å². The lowest BCUT2D eigenvalue weighted by Gasteiger charge is -2.37. The predicted octanol–water partition coefficient (Wildman–Crippen LogP) is 3.99. The second-order valence-corrected chi connectivity index (χ2v) is 8.54. The van der Waals surface area contributed by atoms with Gasteiger partial charge in [-0.1, -0.05) is 35.9 Å². The quantitative estimate of drug-likeness (QED) is 0.451. The number of rotatable bonds is 3. The van der Waals surface area contributed by atoms with Crippen LogP contribution in [0.25, 0.3) is 11.3 Å². The van der Waals surface area contributed by atoms with Crippen LogP contribution in [0.3, 0.4) is 0 Å². The average Bonchev–Trinajstić information content (AvgIpc) is 3.33. The number of benzene rings is 1. The summed E-state index contributed by atoms with van der Waals surface area (Å²) in [7, 11) is 0. The van der Waals surface area contributed by atoms with Crippen molar-refractivity contribution in [3.05, 3.63) is 59.3 Å². The number of hydrogen-bond acceptors (Lipinski definition) is 4. The zero-order valence-electron chi connectivity index (χ0n) is 14.9. The Kier molecular flexibility index (Phi) is 3.30. The van der Waals surface area contributed by atoms with Crippen molar-refractivity contribution in [1.29, 1.82) is 0 Å². The van der Waals surface area contributed by atoms with Crippen molar-refractivity contribution in [2.75, 3.05) is 0 Å².